The summed E-state index contributed by atoms with van der Waals surface area (Å²) in [6, 6.07) is 0. The fraction of sp³-hybridized carbons (Fsp3) is 0.882. The molecule has 1 aliphatic carbocycles. The van der Waals surface area contributed by atoms with Gasteiger partial charge in [0.05, 0.1) is 12.0 Å². The number of rotatable bonds is 7. The normalized spacial score (nSPS) is 22.2. The zero-order valence-corrected chi connectivity index (χ0v) is 13.4. The van der Waals surface area contributed by atoms with Crippen LogP contribution in [-0.2, 0) is 14.3 Å². The van der Waals surface area contributed by atoms with Gasteiger partial charge in [0, 0.05) is 19.6 Å². The molecular weight excluding hydrogens is 282 g/mol. The third-order valence-corrected chi connectivity index (χ3v) is 5.09. The minimum Gasteiger partial charge on any atom is -0.481 e. The predicted octanol–water partition coefficient (Wildman–Crippen LogP) is 2.88. The lowest BCUT2D eigenvalue weighted by Crippen LogP contribution is -2.53. The number of amides is 1. The Morgan fingerprint density at radius 3 is 2.45 bits per heavy atom. The molecule has 1 heterocycles. The highest BCUT2D eigenvalue weighted by molar-refractivity contribution is 5.78. The molecule has 0 aromatic heterocycles. The van der Waals surface area contributed by atoms with Crippen LogP contribution in [0.3, 0.4) is 0 Å². The Labute approximate surface area is 132 Å². The summed E-state index contributed by atoms with van der Waals surface area (Å²) in [4.78, 5) is 23.3. The van der Waals surface area contributed by atoms with Gasteiger partial charge in [-0.3, -0.25) is 9.59 Å². The van der Waals surface area contributed by atoms with E-state index in [9.17, 15) is 9.59 Å². The zero-order valence-electron chi connectivity index (χ0n) is 13.4. The summed E-state index contributed by atoms with van der Waals surface area (Å²) in [5, 5.41) is 12.1. The summed E-state index contributed by atoms with van der Waals surface area (Å²) >= 11 is 0. The number of aliphatic carboxylic acids is 1. The van der Waals surface area contributed by atoms with E-state index in [0.29, 0.717) is 32.5 Å². The van der Waals surface area contributed by atoms with Crippen LogP contribution in [0, 0.1) is 5.92 Å². The van der Waals surface area contributed by atoms with Crippen molar-refractivity contribution in [3.8, 4) is 0 Å². The number of ether oxygens (including phenoxy) is 1. The number of carbonyl (C=O) groups excluding carboxylic acids is 1. The van der Waals surface area contributed by atoms with Gasteiger partial charge in [0.2, 0.25) is 5.91 Å². The molecule has 22 heavy (non-hydrogen) atoms. The van der Waals surface area contributed by atoms with Crippen molar-refractivity contribution in [2.24, 2.45) is 5.92 Å². The molecule has 0 spiro atoms. The fourth-order valence-electron chi connectivity index (χ4n) is 3.78. The van der Waals surface area contributed by atoms with E-state index in [1.54, 1.807) is 0 Å². The van der Waals surface area contributed by atoms with Crippen molar-refractivity contribution in [3.63, 3.8) is 0 Å². The van der Waals surface area contributed by atoms with Gasteiger partial charge in [-0.05, 0) is 31.6 Å². The molecule has 5 heteroatoms. The Morgan fingerprint density at radius 1 is 1.14 bits per heavy atom. The summed E-state index contributed by atoms with van der Waals surface area (Å²) in [6.45, 7) is 1.05. The van der Waals surface area contributed by atoms with Crippen LogP contribution in [0.25, 0.3) is 0 Å². The van der Waals surface area contributed by atoms with Gasteiger partial charge >= 0.3 is 5.97 Å². The highest BCUT2D eigenvalue weighted by Crippen LogP contribution is 2.28. The van der Waals surface area contributed by atoms with Crippen molar-refractivity contribution in [2.45, 2.75) is 76.2 Å². The van der Waals surface area contributed by atoms with E-state index in [1.165, 1.54) is 32.1 Å². The number of hydrogen-bond donors (Lipinski definition) is 2. The predicted molar refractivity (Wildman–Crippen MR) is 83.6 cm³/mol. The number of carboxylic acids is 1. The standard InChI is InChI=1S/C17H29NO4/c19-15(8-4-7-14-5-2-1-3-6-14)18-17(13-16(20)21)9-11-22-12-10-17/h14H,1-13H2,(H,18,19)(H,20,21). The molecule has 1 saturated heterocycles. The summed E-state index contributed by atoms with van der Waals surface area (Å²) in [5.74, 6) is -0.0685. The van der Waals surface area contributed by atoms with Gasteiger partial charge in [-0.25, -0.2) is 0 Å². The van der Waals surface area contributed by atoms with Gasteiger partial charge in [-0.15, -0.1) is 0 Å². The van der Waals surface area contributed by atoms with Crippen LogP contribution in [-0.4, -0.2) is 35.7 Å². The first-order chi connectivity index (χ1) is 10.6. The third kappa shape index (κ3) is 5.59. The molecule has 0 bridgehead atoms. The molecule has 0 aromatic carbocycles. The molecule has 5 nitrogen and oxygen atoms in total. The van der Waals surface area contributed by atoms with Crippen molar-refractivity contribution in [3.05, 3.63) is 0 Å². The van der Waals surface area contributed by atoms with Crippen LogP contribution in [0.2, 0.25) is 0 Å². The second-order valence-electron chi connectivity index (χ2n) is 6.91. The lowest BCUT2D eigenvalue weighted by molar-refractivity contribution is -0.140. The number of carboxylic acid groups (broad SMARTS) is 1. The molecule has 0 atom stereocenters. The van der Waals surface area contributed by atoms with E-state index in [2.05, 4.69) is 5.32 Å². The van der Waals surface area contributed by atoms with Crippen LogP contribution >= 0.6 is 0 Å². The monoisotopic (exact) mass is 311 g/mol. The van der Waals surface area contributed by atoms with Crippen molar-refractivity contribution >= 4 is 11.9 Å². The molecule has 2 aliphatic rings. The molecule has 0 unspecified atom stereocenters. The lowest BCUT2D eigenvalue weighted by atomic mass is 9.85. The maximum Gasteiger partial charge on any atom is 0.305 e. The molecule has 1 amide bonds. The quantitative estimate of drug-likeness (QED) is 0.758. The van der Waals surface area contributed by atoms with Crippen molar-refractivity contribution < 1.29 is 19.4 Å². The number of hydrogen-bond acceptors (Lipinski definition) is 3. The Morgan fingerprint density at radius 2 is 1.82 bits per heavy atom. The second-order valence-corrected chi connectivity index (χ2v) is 6.91. The molecular formula is C17H29NO4. The maximum absolute atomic E-state index is 12.2. The first kappa shape index (κ1) is 17.3. The minimum atomic E-state index is -0.857. The van der Waals surface area contributed by atoms with E-state index >= 15 is 0 Å². The van der Waals surface area contributed by atoms with Crippen LogP contribution in [0.4, 0.5) is 0 Å². The minimum absolute atomic E-state index is 0.000963. The van der Waals surface area contributed by atoms with Crippen LogP contribution in [0.5, 0.6) is 0 Å². The van der Waals surface area contributed by atoms with Crippen LogP contribution < -0.4 is 5.32 Å². The Balaban J connectivity index is 1.74. The molecule has 1 saturated carbocycles. The zero-order chi connectivity index (χ0) is 15.8. The molecule has 2 rings (SSSR count). The smallest absolute Gasteiger partial charge is 0.305 e. The molecule has 126 valence electrons. The molecule has 2 fully saturated rings. The highest BCUT2D eigenvalue weighted by atomic mass is 16.5. The van der Waals surface area contributed by atoms with Gasteiger partial charge in [-0.1, -0.05) is 32.1 Å². The maximum atomic E-state index is 12.2. The van der Waals surface area contributed by atoms with E-state index in [1.807, 2.05) is 0 Å². The van der Waals surface area contributed by atoms with Crippen molar-refractivity contribution in [1.29, 1.82) is 0 Å². The van der Waals surface area contributed by atoms with Gasteiger partial charge in [0.15, 0.2) is 0 Å². The summed E-state index contributed by atoms with van der Waals surface area (Å²) < 4.78 is 5.30. The summed E-state index contributed by atoms with van der Waals surface area (Å²) in [7, 11) is 0. The van der Waals surface area contributed by atoms with Crippen LogP contribution in [0.1, 0.15) is 70.6 Å². The largest absolute Gasteiger partial charge is 0.481 e. The first-order valence-corrected chi connectivity index (χ1v) is 8.70. The lowest BCUT2D eigenvalue weighted by Gasteiger charge is -2.37. The number of carbonyl (C=O) groups is 2. The van der Waals surface area contributed by atoms with Gasteiger partial charge < -0.3 is 15.2 Å². The third-order valence-electron chi connectivity index (χ3n) is 5.09. The number of nitrogens with one attached hydrogen (secondary N) is 1. The average Bonchev–Trinajstić information content (AvgIpc) is 2.48. The van der Waals surface area contributed by atoms with Gasteiger partial charge in [-0.2, -0.15) is 0 Å². The Kier molecular flexibility index (Phi) is 6.68. The average molecular weight is 311 g/mol. The molecule has 0 radical (unpaired) electrons. The summed E-state index contributed by atoms with van der Waals surface area (Å²) in [5.41, 5.74) is -0.605. The SMILES string of the molecule is O=C(O)CC1(NC(=O)CCCC2CCCCC2)CCOCC1. The summed E-state index contributed by atoms with van der Waals surface area (Å²) in [6.07, 6.45) is 10.4. The Bertz CT molecular complexity index is 371. The van der Waals surface area contributed by atoms with Crippen molar-refractivity contribution in [1.82, 2.24) is 5.32 Å². The van der Waals surface area contributed by atoms with E-state index in [4.69, 9.17) is 9.84 Å². The molecule has 0 aromatic rings. The topological polar surface area (TPSA) is 75.6 Å². The van der Waals surface area contributed by atoms with E-state index in [-0.39, 0.29) is 12.3 Å². The van der Waals surface area contributed by atoms with Gasteiger partial charge in [0.1, 0.15) is 0 Å². The first-order valence-electron chi connectivity index (χ1n) is 8.70. The van der Waals surface area contributed by atoms with Crippen molar-refractivity contribution in [2.75, 3.05) is 13.2 Å². The molecule has 2 N–H and O–H groups in total. The van der Waals surface area contributed by atoms with Crippen LogP contribution in [0.15, 0.2) is 0 Å². The molecule has 1 aliphatic heterocycles. The highest BCUT2D eigenvalue weighted by Gasteiger charge is 2.36. The Hall–Kier alpha value is -1.10. The van der Waals surface area contributed by atoms with Gasteiger partial charge in [0.25, 0.3) is 0 Å². The van der Waals surface area contributed by atoms with E-state index in [0.717, 1.165) is 18.8 Å². The van der Waals surface area contributed by atoms with E-state index < -0.39 is 11.5 Å². The second kappa shape index (κ2) is 8.51. The fourth-order valence-corrected chi connectivity index (χ4v) is 3.78.